The minimum Gasteiger partial charge on any atom is -0.0901 e. The second-order valence-corrected chi connectivity index (χ2v) is 6.23. The first kappa shape index (κ1) is 12.1. The van der Waals surface area contributed by atoms with Crippen LogP contribution in [-0.2, 0) is 6.42 Å². The lowest BCUT2D eigenvalue weighted by atomic mass is 10.2. The molecular formula is C14H14IP. The molecule has 2 heteroatoms. The Morgan fingerprint density at radius 3 is 2.31 bits per heavy atom. The van der Waals surface area contributed by atoms with Crippen LogP contribution in [0.25, 0.3) is 0 Å². The fourth-order valence-electron chi connectivity index (χ4n) is 1.60. The Bertz CT molecular complexity index is 439. The molecule has 82 valence electrons. The van der Waals surface area contributed by atoms with E-state index in [4.69, 9.17) is 0 Å². The van der Waals surface area contributed by atoms with Crippen molar-refractivity contribution in [1.82, 2.24) is 0 Å². The minimum atomic E-state index is 0.923. The molecule has 0 saturated carbocycles. The van der Waals surface area contributed by atoms with E-state index in [2.05, 4.69) is 77.2 Å². The smallest absolute Gasteiger partial charge is 0.0162 e. The average Bonchev–Trinajstić information content (AvgIpc) is 2.33. The van der Waals surface area contributed by atoms with Gasteiger partial charge in [0, 0.05) is 3.57 Å². The van der Waals surface area contributed by atoms with Crippen molar-refractivity contribution < 1.29 is 0 Å². The summed E-state index contributed by atoms with van der Waals surface area (Å²) in [6.45, 7) is 0. The number of hydrogen-bond acceptors (Lipinski definition) is 0. The fourth-order valence-corrected chi connectivity index (χ4v) is 3.37. The summed E-state index contributed by atoms with van der Waals surface area (Å²) in [5.74, 6) is 0. The van der Waals surface area contributed by atoms with Crippen LogP contribution in [-0.4, -0.2) is 6.16 Å². The molecule has 0 spiro atoms. The summed E-state index contributed by atoms with van der Waals surface area (Å²) in [5, 5.41) is 1.47. The van der Waals surface area contributed by atoms with E-state index in [0.29, 0.717) is 0 Å². The molecule has 0 saturated heterocycles. The highest BCUT2D eigenvalue weighted by atomic mass is 127. The summed E-state index contributed by atoms with van der Waals surface area (Å²) in [5.41, 5.74) is 1.48. The zero-order valence-corrected chi connectivity index (χ0v) is 12.1. The van der Waals surface area contributed by atoms with Gasteiger partial charge in [0.05, 0.1) is 0 Å². The van der Waals surface area contributed by atoms with Gasteiger partial charge in [-0.1, -0.05) is 57.1 Å². The zero-order valence-electron chi connectivity index (χ0n) is 8.99. The molecule has 0 radical (unpaired) electrons. The second kappa shape index (κ2) is 6.36. The Morgan fingerprint density at radius 2 is 1.56 bits per heavy atom. The lowest BCUT2D eigenvalue weighted by Crippen LogP contribution is -1.97. The van der Waals surface area contributed by atoms with E-state index < -0.39 is 0 Å². The van der Waals surface area contributed by atoms with Crippen LogP contribution in [0.2, 0.25) is 0 Å². The van der Waals surface area contributed by atoms with E-state index in [-0.39, 0.29) is 0 Å². The van der Waals surface area contributed by atoms with Crippen molar-refractivity contribution in [3.63, 3.8) is 0 Å². The van der Waals surface area contributed by atoms with Crippen LogP contribution in [0.1, 0.15) is 5.56 Å². The van der Waals surface area contributed by atoms with Crippen LogP contribution < -0.4 is 5.30 Å². The second-order valence-electron chi connectivity index (χ2n) is 3.63. The molecule has 16 heavy (non-hydrogen) atoms. The minimum absolute atomic E-state index is 0.923. The maximum atomic E-state index is 2.42. The summed E-state index contributed by atoms with van der Waals surface area (Å²) in [4.78, 5) is 0. The Labute approximate surface area is 112 Å². The first-order valence-electron chi connectivity index (χ1n) is 5.38. The zero-order chi connectivity index (χ0) is 11.2. The first-order chi connectivity index (χ1) is 7.86. The molecule has 0 amide bonds. The molecule has 0 N–H and O–H groups in total. The molecule has 0 aromatic heterocycles. The van der Waals surface area contributed by atoms with Gasteiger partial charge >= 0.3 is 0 Å². The topological polar surface area (TPSA) is 0 Å². The standard InChI is InChI=1S/C14H14IP/c15-14-9-5-4-6-12(14)10-11-16-13-7-2-1-3-8-13/h1-9,16H,10-11H2. The largest absolute Gasteiger partial charge is 0.0901 e. The number of aryl methyl sites for hydroxylation is 1. The predicted molar refractivity (Wildman–Crippen MR) is 82.1 cm³/mol. The van der Waals surface area contributed by atoms with E-state index in [0.717, 1.165) is 8.58 Å². The van der Waals surface area contributed by atoms with E-state index in [1.807, 2.05) is 0 Å². The summed E-state index contributed by atoms with van der Waals surface area (Å²) >= 11 is 2.42. The van der Waals surface area contributed by atoms with Crippen molar-refractivity contribution >= 4 is 36.5 Å². The Balaban J connectivity index is 1.87. The van der Waals surface area contributed by atoms with Gasteiger partial charge in [-0.15, -0.1) is 0 Å². The van der Waals surface area contributed by atoms with Crippen LogP contribution in [0.4, 0.5) is 0 Å². The summed E-state index contributed by atoms with van der Waals surface area (Å²) in [6, 6.07) is 19.4. The molecule has 1 unspecified atom stereocenters. The van der Waals surface area contributed by atoms with E-state index in [1.165, 1.54) is 27.0 Å². The molecular weight excluding hydrogens is 326 g/mol. The van der Waals surface area contributed by atoms with Gasteiger partial charge in [-0.3, -0.25) is 0 Å². The van der Waals surface area contributed by atoms with E-state index in [1.54, 1.807) is 0 Å². The Hall–Kier alpha value is -0.400. The van der Waals surface area contributed by atoms with Gasteiger partial charge in [-0.25, -0.2) is 0 Å². The molecule has 0 nitrogen and oxygen atoms in total. The predicted octanol–water partition coefficient (Wildman–Crippen LogP) is 3.84. The van der Waals surface area contributed by atoms with Crippen LogP contribution in [0.3, 0.4) is 0 Å². The quantitative estimate of drug-likeness (QED) is 0.586. The lowest BCUT2D eigenvalue weighted by molar-refractivity contribution is 1.14. The van der Waals surface area contributed by atoms with Gasteiger partial charge in [0.25, 0.3) is 0 Å². The molecule has 1 atom stereocenters. The van der Waals surface area contributed by atoms with Crippen molar-refractivity contribution in [2.24, 2.45) is 0 Å². The van der Waals surface area contributed by atoms with Gasteiger partial charge in [0.2, 0.25) is 0 Å². The maximum absolute atomic E-state index is 2.42. The molecule has 0 aliphatic rings. The fraction of sp³-hybridized carbons (Fsp3) is 0.143. The number of hydrogen-bond donors (Lipinski definition) is 0. The highest BCUT2D eigenvalue weighted by Gasteiger charge is 1.98. The monoisotopic (exact) mass is 340 g/mol. The number of rotatable bonds is 4. The molecule has 0 heterocycles. The van der Waals surface area contributed by atoms with Gasteiger partial charge in [-0.2, -0.15) is 0 Å². The summed E-state index contributed by atoms with van der Waals surface area (Å²) in [7, 11) is 0.923. The molecule has 2 aromatic rings. The Kier molecular flexibility index (Phi) is 4.80. The van der Waals surface area contributed by atoms with Gasteiger partial charge in [0.1, 0.15) is 0 Å². The molecule has 0 fully saturated rings. The summed E-state index contributed by atoms with van der Waals surface area (Å²) in [6.07, 6.45) is 2.44. The SMILES string of the molecule is Ic1ccccc1CCPc1ccccc1. The molecule has 0 aliphatic heterocycles. The van der Waals surface area contributed by atoms with Crippen molar-refractivity contribution in [2.45, 2.75) is 6.42 Å². The third kappa shape index (κ3) is 3.57. The van der Waals surface area contributed by atoms with Crippen LogP contribution >= 0.6 is 31.2 Å². The molecule has 2 rings (SSSR count). The van der Waals surface area contributed by atoms with Crippen molar-refractivity contribution in [3.8, 4) is 0 Å². The van der Waals surface area contributed by atoms with Crippen molar-refractivity contribution in [3.05, 3.63) is 63.7 Å². The number of halogens is 1. The van der Waals surface area contributed by atoms with Crippen molar-refractivity contribution in [1.29, 1.82) is 0 Å². The molecule has 0 bridgehead atoms. The third-order valence-electron chi connectivity index (χ3n) is 2.46. The Morgan fingerprint density at radius 1 is 0.875 bits per heavy atom. The van der Waals surface area contributed by atoms with Gasteiger partial charge < -0.3 is 0 Å². The highest BCUT2D eigenvalue weighted by Crippen LogP contribution is 2.17. The maximum Gasteiger partial charge on any atom is 0.0162 e. The van der Waals surface area contributed by atoms with Crippen LogP contribution in [0, 0.1) is 3.57 Å². The normalized spacial score (nSPS) is 11.1. The molecule has 0 aliphatic carbocycles. The van der Waals surface area contributed by atoms with Gasteiger partial charge in [-0.05, 0) is 52.1 Å². The van der Waals surface area contributed by atoms with E-state index >= 15 is 0 Å². The third-order valence-corrected chi connectivity index (χ3v) is 4.75. The van der Waals surface area contributed by atoms with Crippen molar-refractivity contribution in [2.75, 3.05) is 6.16 Å². The number of benzene rings is 2. The summed E-state index contributed by atoms with van der Waals surface area (Å²) < 4.78 is 1.39. The molecule has 2 aromatic carbocycles. The van der Waals surface area contributed by atoms with Crippen LogP contribution in [0.15, 0.2) is 54.6 Å². The van der Waals surface area contributed by atoms with Gasteiger partial charge in [0.15, 0.2) is 0 Å². The van der Waals surface area contributed by atoms with E-state index in [9.17, 15) is 0 Å². The average molecular weight is 340 g/mol. The highest BCUT2D eigenvalue weighted by molar-refractivity contribution is 14.1. The first-order valence-corrected chi connectivity index (χ1v) is 7.67. The lowest BCUT2D eigenvalue weighted by Gasteiger charge is -2.04. The van der Waals surface area contributed by atoms with Crippen LogP contribution in [0.5, 0.6) is 0 Å².